The van der Waals surface area contributed by atoms with Gasteiger partial charge < -0.3 is 19.6 Å². The van der Waals surface area contributed by atoms with Crippen LogP contribution in [-0.4, -0.2) is 54.2 Å². The van der Waals surface area contributed by atoms with Crippen LogP contribution in [0.5, 0.6) is 0 Å². The van der Waals surface area contributed by atoms with Gasteiger partial charge in [-0.1, -0.05) is 24.3 Å². The Morgan fingerprint density at radius 2 is 1.63 bits per heavy atom. The molecule has 2 aromatic carbocycles. The molecule has 2 heterocycles. The average molecular weight is 366 g/mol. The summed E-state index contributed by atoms with van der Waals surface area (Å²) in [5, 5.41) is 9.63. The molecule has 27 heavy (non-hydrogen) atoms. The Kier molecular flexibility index (Phi) is 4.81. The predicted octanol–water partition coefficient (Wildman–Crippen LogP) is 2.17. The molecule has 0 saturated carbocycles. The minimum atomic E-state index is -0.970. The molecular weight excluding hydrogens is 344 g/mol. The lowest BCUT2D eigenvalue weighted by Crippen LogP contribution is -2.48. The summed E-state index contributed by atoms with van der Waals surface area (Å²) >= 11 is 0. The smallest absolute Gasteiger partial charge is 0.326 e. The van der Waals surface area contributed by atoms with Crippen LogP contribution in [0.4, 0.5) is 5.69 Å². The Hall–Kier alpha value is -2.86. The number of aliphatic carboxylic acids is 1. The van der Waals surface area contributed by atoms with Gasteiger partial charge >= 0.3 is 5.97 Å². The molecule has 0 radical (unpaired) electrons. The number of rotatable bonds is 3. The lowest BCUT2D eigenvalue weighted by Gasteiger charge is -2.34. The van der Waals surface area contributed by atoms with E-state index in [-0.39, 0.29) is 5.91 Å². The van der Waals surface area contributed by atoms with E-state index in [1.165, 1.54) is 4.90 Å². The largest absolute Gasteiger partial charge is 0.480 e. The number of morpholine rings is 1. The van der Waals surface area contributed by atoms with Crippen LogP contribution in [0, 0.1) is 0 Å². The van der Waals surface area contributed by atoms with Crippen molar-refractivity contribution in [1.82, 2.24) is 4.90 Å². The van der Waals surface area contributed by atoms with E-state index >= 15 is 0 Å². The van der Waals surface area contributed by atoms with Crippen molar-refractivity contribution in [1.29, 1.82) is 0 Å². The molecule has 1 amide bonds. The molecule has 0 aliphatic carbocycles. The highest BCUT2D eigenvalue weighted by Gasteiger charge is 2.34. The Morgan fingerprint density at radius 1 is 0.963 bits per heavy atom. The zero-order valence-corrected chi connectivity index (χ0v) is 15.0. The predicted molar refractivity (Wildman–Crippen MR) is 101 cm³/mol. The number of amides is 1. The number of carboxylic acid groups (broad SMARTS) is 1. The van der Waals surface area contributed by atoms with Gasteiger partial charge in [0.05, 0.1) is 13.2 Å². The van der Waals surface area contributed by atoms with E-state index < -0.39 is 12.0 Å². The van der Waals surface area contributed by atoms with Gasteiger partial charge in [0.1, 0.15) is 6.04 Å². The van der Waals surface area contributed by atoms with E-state index in [1.54, 1.807) is 12.1 Å². The zero-order valence-electron chi connectivity index (χ0n) is 15.0. The second kappa shape index (κ2) is 7.40. The highest BCUT2D eigenvalue weighted by molar-refractivity contribution is 5.97. The maximum absolute atomic E-state index is 13.0. The Balaban J connectivity index is 1.56. The number of benzene rings is 2. The molecule has 0 aromatic heterocycles. The van der Waals surface area contributed by atoms with E-state index in [0.717, 1.165) is 29.9 Å². The number of hydrogen-bond donors (Lipinski definition) is 1. The van der Waals surface area contributed by atoms with Gasteiger partial charge in [0, 0.05) is 37.3 Å². The second-order valence-electron chi connectivity index (χ2n) is 6.91. The molecule has 6 heteroatoms. The molecule has 1 saturated heterocycles. The minimum absolute atomic E-state index is 0.245. The van der Waals surface area contributed by atoms with E-state index in [4.69, 9.17) is 4.74 Å². The van der Waals surface area contributed by atoms with Gasteiger partial charge in [-0.3, -0.25) is 4.79 Å². The van der Waals surface area contributed by atoms with Gasteiger partial charge in [0.15, 0.2) is 0 Å². The first-order valence-corrected chi connectivity index (χ1v) is 9.17. The third kappa shape index (κ3) is 3.53. The Labute approximate surface area is 158 Å². The van der Waals surface area contributed by atoms with Crippen LogP contribution in [0.1, 0.15) is 21.5 Å². The van der Waals surface area contributed by atoms with Crippen molar-refractivity contribution in [2.45, 2.75) is 19.0 Å². The van der Waals surface area contributed by atoms with E-state index in [1.807, 2.05) is 36.4 Å². The number of anilines is 1. The van der Waals surface area contributed by atoms with Crippen LogP contribution in [0.3, 0.4) is 0 Å². The first-order chi connectivity index (χ1) is 13.1. The monoisotopic (exact) mass is 366 g/mol. The van der Waals surface area contributed by atoms with Crippen molar-refractivity contribution in [2.24, 2.45) is 0 Å². The number of hydrogen-bond acceptors (Lipinski definition) is 4. The first kappa shape index (κ1) is 17.5. The van der Waals surface area contributed by atoms with Crippen LogP contribution >= 0.6 is 0 Å². The van der Waals surface area contributed by atoms with Crippen molar-refractivity contribution in [3.05, 3.63) is 65.2 Å². The van der Waals surface area contributed by atoms with Gasteiger partial charge in [0.25, 0.3) is 5.91 Å². The standard InChI is InChI=1S/C21H22N2O4/c24-20(15-5-7-18(8-6-15)22-9-11-27-12-10-22)23-14-17-4-2-1-3-16(17)13-19(23)21(25)26/h1-8,19H,9-14H2,(H,25,26)/t19-/m0/s1. The maximum Gasteiger partial charge on any atom is 0.326 e. The fraction of sp³-hybridized carbons (Fsp3) is 0.333. The highest BCUT2D eigenvalue weighted by Crippen LogP contribution is 2.26. The molecule has 2 aliphatic rings. The van der Waals surface area contributed by atoms with Gasteiger partial charge in [-0.15, -0.1) is 0 Å². The van der Waals surface area contributed by atoms with Gasteiger partial charge in [-0.25, -0.2) is 4.79 Å². The van der Waals surface area contributed by atoms with Gasteiger partial charge in [-0.05, 0) is 35.4 Å². The van der Waals surface area contributed by atoms with E-state index in [9.17, 15) is 14.7 Å². The minimum Gasteiger partial charge on any atom is -0.480 e. The summed E-state index contributed by atoms with van der Waals surface area (Å²) in [6.45, 7) is 3.38. The van der Waals surface area contributed by atoms with Gasteiger partial charge in [-0.2, -0.15) is 0 Å². The molecular formula is C21H22N2O4. The fourth-order valence-corrected chi connectivity index (χ4v) is 3.76. The summed E-state index contributed by atoms with van der Waals surface area (Å²) in [7, 11) is 0. The molecule has 2 aliphatic heterocycles. The summed E-state index contributed by atoms with van der Waals surface area (Å²) in [5.74, 6) is -1.21. The SMILES string of the molecule is O=C(O)[C@@H]1Cc2ccccc2CN1C(=O)c1ccc(N2CCOCC2)cc1. The van der Waals surface area contributed by atoms with E-state index in [0.29, 0.717) is 31.7 Å². The summed E-state index contributed by atoms with van der Waals surface area (Å²) in [4.78, 5) is 28.5. The molecule has 0 unspecified atom stereocenters. The van der Waals surface area contributed by atoms with Crippen LogP contribution in [-0.2, 0) is 22.5 Å². The quantitative estimate of drug-likeness (QED) is 0.902. The number of fused-ring (bicyclic) bond motifs is 1. The molecule has 1 N–H and O–H groups in total. The van der Waals surface area contributed by atoms with E-state index in [2.05, 4.69) is 4.90 Å². The van der Waals surface area contributed by atoms with Crippen molar-refractivity contribution < 1.29 is 19.4 Å². The number of carboxylic acids is 1. The summed E-state index contributed by atoms with van der Waals surface area (Å²) in [6, 6.07) is 14.3. The topological polar surface area (TPSA) is 70.1 Å². The molecule has 4 rings (SSSR count). The van der Waals surface area contributed by atoms with Crippen molar-refractivity contribution in [2.75, 3.05) is 31.2 Å². The van der Waals surface area contributed by atoms with Gasteiger partial charge in [0.2, 0.25) is 0 Å². The van der Waals surface area contributed by atoms with Crippen molar-refractivity contribution >= 4 is 17.6 Å². The third-order valence-electron chi connectivity index (χ3n) is 5.28. The zero-order chi connectivity index (χ0) is 18.8. The Bertz CT molecular complexity index is 844. The summed E-state index contributed by atoms with van der Waals surface area (Å²) in [6.07, 6.45) is 0.336. The Morgan fingerprint density at radius 3 is 2.30 bits per heavy atom. The van der Waals surface area contributed by atoms with Crippen LogP contribution < -0.4 is 4.90 Å². The number of carbonyl (C=O) groups is 2. The average Bonchev–Trinajstić information content (AvgIpc) is 2.73. The molecule has 140 valence electrons. The number of nitrogens with zero attached hydrogens (tertiary/aromatic N) is 2. The second-order valence-corrected chi connectivity index (χ2v) is 6.91. The highest BCUT2D eigenvalue weighted by atomic mass is 16.5. The summed E-state index contributed by atoms with van der Waals surface area (Å²) < 4.78 is 5.37. The van der Waals surface area contributed by atoms with Crippen molar-refractivity contribution in [3.63, 3.8) is 0 Å². The van der Waals surface area contributed by atoms with Crippen LogP contribution in [0.2, 0.25) is 0 Å². The molecule has 2 aromatic rings. The molecule has 1 atom stereocenters. The third-order valence-corrected chi connectivity index (χ3v) is 5.28. The lowest BCUT2D eigenvalue weighted by molar-refractivity contribution is -0.142. The van der Waals surface area contributed by atoms with Crippen LogP contribution in [0.15, 0.2) is 48.5 Å². The normalized spacial score (nSPS) is 19.5. The first-order valence-electron chi connectivity index (χ1n) is 9.17. The lowest BCUT2D eigenvalue weighted by atomic mass is 9.93. The number of carbonyl (C=O) groups excluding carboxylic acids is 1. The fourth-order valence-electron chi connectivity index (χ4n) is 3.76. The molecule has 6 nitrogen and oxygen atoms in total. The number of ether oxygens (including phenoxy) is 1. The molecule has 0 bridgehead atoms. The van der Waals surface area contributed by atoms with Crippen molar-refractivity contribution in [3.8, 4) is 0 Å². The molecule has 1 fully saturated rings. The summed E-state index contributed by atoms with van der Waals surface area (Å²) in [5.41, 5.74) is 3.57. The maximum atomic E-state index is 13.0. The molecule has 0 spiro atoms. The van der Waals surface area contributed by atoms with Crippen LogP contribution in [0.25, 0.3) is 0 Å².